The van der Waals surface area contributed by atoms with Crippen molar-refractivity contribution in [1.82, 2.24) is 0 Å². The smallest absolute Gasteiger partial charge is 0.131 e. The van der Waals surface area contributed by atoms with Crippen LogP contribution in [0.4, 0.5) is 4.39 Å². The lowest BCUT2D eigenvalue weighted by Gasteiger charge is -1.63. The first-order valence-electron chi connectivity index (χ1n) is 3.69. The highest BCUT2D eigenvalue weighted by Crippen LogP contribution is 1.79. The molecule has 0 unspecified atom stereocenters. The first kappa shape index (κ1) is 0.423. The van der Waals surface area contributed by atoms with Crippen LogP contribution in [0.1, 0.15) is 21.4 Å². The molecule has 0 rings (SSSR count). The first-order valence-corrected chi connectivity index (χ1v) is 0.689. The van der Waals surface area contributed by atoms with E-state index in [1.807, 2.05) is 0 Å². The molecule has 0 aliphatic carbocycles. The maximum atomic E-state index is 11.8. The zero-order chi connectivity index (χ0) is 8.58. The molecule has 0 aromatic rings. The van der Waals surface area contributed by atoms with Crippen molar-refractivity contribution in [3.05, 3.63) is 6.65 Å². The van der Waals surface area contributed by atoms with Crippen molar-refractivity contribution >= 4 is 0 Å². The van der Waals surface area contributed by atoms with Crippen LogP contribution in [0.2, 0.25) is 0 Å². The van der Waals surface area contributed by atoms with Crippen LogP contribution >= 0.6 is 0 Å². The summed E-state index contributed by atoms with van der Waals surface area (Å²) in [4.78, 5) is 0. The van der Waals surface area contributed by atoms with Gasteiger partial charge in [-0.05, 0) is 6.37 Å². The van der Waals surface area contributed by atoms with Crippen LogP contribution in [0, 0.1) is 6.65 Å². The Bertz CT molecular complexity index is 115. The number of halogens is 1. The van der Waals surface area contributed by atoms with Gasteiger partial charge in [-0.15, -0.1) is 0 Å². The second kappa shape index (κ2) is 2.93. The molecule has 0 heterocycles. The predicted molar refractivity (Wildman–Crippen MR) is 15.7 cm³/mol. The van der Waals surface area contributed by atoms with Crippen LogP contribution in [0.3, 0.4) is 0 Å². The lowest BCUT2D eigenvalue weighted by Crippen LogP contribution is -1.46. The topological polar surface area (TPSA) is 0 Å². The zero-order valence-corrected chi connectivity index (χ0v) is 1.88. The van der Waals surface area contributed by atoms with E-state index in [-0.39, 0.29) is 0 Å². The molecule has 1 radical (unpaired) electrons. The van der Waals surface area contributed by atoms with Gasteiger partial charge in [-0.1, -0.05) is 6.85 Å². The summed E-state index contributed by atoms with van der Waals surface area (Å²) in [7, 11) is 0. The van der Waals surface area contributed by atoms with Gasteiger partial charge in [0.15, 0.2) is 0 Å². The molecule has 0 aromatic carbocycles. The third-order valence-electron chi connectivity index (χ3n) is 0.0472. The molecule has 4 heavy (non-hydrogen) atoms. The average Bonchev–Trinajstić information content (AvgIpc) is 1.62. The highest BCUT2D eigenvalue weighted by Gasteiger charge is 1.62. The monoisotopic (exact) mass is 67.1 g/mol. The van der Waals surface area contributed by atoms with E-state index >= 15 is 0 Å². The molecule has 25 valence electrons. The second-order valence-corrected chi connectivity index (χ2v) is 0.219. The van der Waals surface area contributed by atoms with Crippen molar-refractivity contribution in [3.63, 3.8) is 0 Å². The second-order valence-electron chi connectivity index (χ2n) is 0.219. The molecule has 0 saturated carbocycles. The maximum Gasteiger partial charge on any atom is 0.131 e. The van der Waals surface area contributed by atoms with Crippen LogP contribution in [-0.4, -0.2) is 0 Å². The summed E-state index contributed by atoms with van der Waals surface area (Å²) in [6, 6.07) is 0. The molecule has 0 amide bonds. The van der Waals surface area contributed by atoms with Gasteiger partial charge in [0.1, 0.15) is 6.65 Å². The minimum atomic E-state index is -3.15. The molecule has 0 aromatic heterocycles. The third kappa shape index (κ3) is 1.93. The Hall–Kier alpha value is -0.0700. The fourth-order valence-electron chi connectivity index (χ4n) is 0. The third-order valence-corrected chi connectivity index (χ3v) is 0.0472. The van der Waals surface area contributed by atoms with E-state index in [1.54, 1.807) is 0 Å². The SMILES string of the molecule is [2H][C](F)C([2H])([2H])C([2H])([2H])[2H]. The number of rotatable bonds is 1. The van der Waals surface area contributed by atoms with Gasteiger partial charge in [-0.25, -0.2) is 4.39 Å². The molecule has 1 heteroatoms. The fourth-order valence-corrected chi connectivity index (χ4v) is 0. The van der Waals surface area contributed by atoms with E-state index < -0.39 is 19.9 Å². The highest BCUT2D eigenvalue weighted by molar-refractivity contribution is 4.33. The summed E-state index contributed by atoms with van der Waals surface area (Å²) in [6.07, 6.45) is -3.15. The lowest BCUT2D eigenvalue weighted by molar-refractivity contribution is 0.591. The van der Waals surface area contributed by atoms with Crippen LogP contribution < -0.4 is 0 Å². The molecule has 0 aliphatic rings. The Kier molecular flexibility index (Phi) is 0.310. The summed E-state index contributed by atoms with van der Waals surface area (Å²) in [5, 5.41) is 0. The molecular weight excluding hydrogens is 55.0 g/mol. The van der Waals surface area contributed by atoms with Crippen molar-refractivity contribution in [3.8, 4) is 0 Å². The van der Waals surface area contributed by atoms with Crippen molar-refractivity contribution in [1.29, 1.82) is 0 Å². The van der Waals surface area contributed by atoms with Crippen molar-refractivity contribution in [2.75, 3.05) is 0 Å². The Morgan fingerprint density at radius 2 is 3.75 bits per heavy atom. The average molecular weight is 67.1 g/mol. The lowest BCUT2D eigenvalue weighted by atomic mass is 10.6. The van der Waals surface area contributed by atoms with Gasteiger partial charge in [0.05, 0.1) is 1.37 Å². The van der Waals surface area contributed by atoms with Gasteiger partial charge in [-0.2, -0.15) is 0 Å². The molecule has 0 N–H and O–H groups in total. The Labute approximate surface area is 34.1 Å². The zero-order valence-electron chi connectivity index (χ0n) is 7.88. The Morgan fingerprint density at radius 1 is 3.00 bits per heavy atom. The molecule has 0 saturated heterocycles. The minimum absolute atomic E-state index is 1.97. The number of hydrogen-bond donors (Lipinski definition) is 0. The van der Waals surface area contributed by atoms with E-state index in [4.69, 9.17) is 8.22 Å². The first-order chi connectivity index (χ1) is 4.19. The van der Waals surface area contributed by atoms with E-state index in [0.29, 0.717) is 0 Å². The van der Waals surface area contributed by atoms with Crippen molar-refractivity contribution in [2.45, 2.75) is 13.2 Å². The van der Waals surface area contributed by atoms with E-state index in [0.717, 1.165) is 0 Å². The largest absolute Gasteiger partial charge is 0.244 e. The molecular formula is C3H6F. The van der Waals surface area contributed by atoms with Gasteiger partial charge in [0.2, 0.25) is 0 Å². The molecule has 0 bridgehead atoms. The molecule has 0 spiro atoms. The van der Waals surface area contributed by atoms with Crippen LogP contribution in [-0.2, 0) is 0 Å². The summed E-state index contributed by atoms with van der Waals surface area (Å²) >= 11 is 0. The summed E-state index contributed by atoms with van der Waals surface area (Å²) in [5.74, 6) is 0. The van der Waals surface area contributed by atoms with Crippen LogP contribution in [0.15, 0.2) is 0 Å². The van der Waals surface area contributed by atoms with Crippen LogP contribution in [0.5, 0.6) is 0 Å². The van der Waals surface area contributed by atoms with Crippen LogP contribution in [0.25, 0.3) is 0 Å². The Balaban J connectivity index is 4.40. The summed E-state index contributed by atoms with van der Waals surface area (Å²) in [6.45, 7) is -5.06. The van der Waals surface area contributed by atoms with Gasteiger partial charge in [-0.3, -0.25) is 0 Å². The molecule has 0 fully saturated rings. The predicted octanol–water partition coefficient (Wildman–Crippen LogP) is 1.53. The van der Waals surface area contributed by atoms with Gasteiger partial charge in [0, 0.05) is 6.85 Å². The normalized spacial score (nSPS) is 37.5. The van der Waals surface area contributed by atoms with Crippen molar-refractivity contribution in [2.24, 2.45) is 0 Å². The standard InChI is InChI=1S/C3H6F/c1-2-3-4/h3H,2H2,1H3/i1D3,2D2,3D. The van der Waals surface area contributed by atoms with Gasteiger partial charge >= 0.3 is 0 Å². The highest BCUT2D eigenvalue weighted by atomic mass is 19.1. The number of hydrogen-bond acceptors (Lipinski definition) is 0. The molecule has 0 nitrogen and oxygen atoms in total. The Morgan fingerprint density at radius 3 is 3.75 bits per heavy atom. The quantitative estimate of drug-likeness (QED) is 0.436. The van der Waals surface area contributed by atoms with Crippen molar-refractivity contribution < 1.29 is 12.6 Å². The molecule has 0 atom stereocenters. The summed E-state index contributed by atoms with van der Waals surface area (Å²) in [5.41, 5.74) is 0. The minimum Gasteiger partial charge on any atom is -0.244 e. The van der Waals surface area contributed by atoms with E-state index in [1.165, 1.54) is 0 Å². The summed E-state index contributed by atoms with van der Waals surface area (Å²) < 4.78 is 50.4. The van der Waals surface area contributed by atoms with Gasteiger partial charge in [0.25, 0.3) is 0 Å². The molecule has 0 aliphatic heterocycles. The maximum absolute atomic E-state index is 11.8. The van der Waals surface area contributed by atoms with E-state index in [2.05, 4.69) is 0 Å². The fraction of sp³-hybridized carbons (Fsp3) is 0.667. The van der Waals surface area contributed by atoms with Gasteiger partial charge < -0.3 is 0 Å². The van der Waals surface area contributed by atoms with E-state index in [9.17, 15) is 4.39 Å².